The summed E-state index contributed by atoms with van der Waals surface area (Å²) in [6.07, 6.45) is -10.8. The Labute approximate surface area is 258 Å². The number of halogens is 7. The van der Waals surface area contributed by atoms with Gasteiger partial charge in [0.15, 0.2) is 5.76 Å². The first-order valence-electron chi connectivity index (χ1n) is 13.0. The molecule has 0 fully saturated rings. The zero-order chi connectivity index (χ0) is 33.6. The molecule has 240 valence electrons. The molecule has 5 aromatic rings. The van der Waals surface area contributed by atoms with Crippen LogP contribution in [0.3, 0.4) is 0 Å². The maximum atomic E-state index is 13.8. The van der Waals surface area contributed by atoms with Gasteiger partial charge < -0.3 is 25.0 Å². The van der Waals surface area contributed by atoms with Crippen molar-refractivity contribution in [1.82, 2.24) is 5.16 Å². The topological polar surface area (TPSA) is 114 Å². The van der Waals surface area contributed by atoms with E-state index in [2.05, 4.69) is 15.8 Å². The second-order valence-electron chi connectivity index (χ2n) is 9.82. The number of aliphatic hydroxyl groups is 1. The lowest BCUT2D eigenvalue weighted by Crippen LogP contribution is -2.18. The minimum Gasteiger partial charge on any atom is -0.496 e. The van der Waals surface area contributed by atoms with Crippen molar-refractivity contribution in [3.05, 3.63) is 93.8 Å². The number of alkyl halides is 6. The van der Waals surface area contributed by atoms with Gasteiger partial charge in [0.25, 0.3) is 11.8 Å². The van der Waals surface area contributed by atoms with Crippen molar-refractivity contribution in [2.45, 2.75) is 25.4 Å². The Hall–Kier alpha value is -4.96. The molecule has 0 aliphatic heterocycles. The van der Waals surface area contributed by atoms with E-state index in [1.54, 1.807) is 6.07 Å². The standard InChI is InChI=1S/C30H20F7N3O5S/c1-13(41)23-12-21(40-45-23)14-3-8-22(44-2)18(9-14)27(42)39-25-17-6-4-15(29(32,33)34)10-24(17)46-26(25)28(43)38-16-5-7-20(31)19(11-16)30(35,36)37/h3-13,41H,1-2H3,(H,38,43)(H,39,42)/t13-/m1/s1. The molecule has 0 saturated carbocycles. The van der Waals surface area contributed by atoms with Crippen LogP contribution in [0.1, 0.15) is 49.9 Å². The van der Waals surface area contributed by atoms with E-state index in [0.717, 1.165) is 24.3 Å². The van der Waals surface area contributed by atoms with Crippen LogP contribution in [-0.2, 0) is 12.4 Å². The first kappa shape index (κ1) is 32.4. The van der Waals surface area contributed by atoms with Crippen molar-refractivity contribution < 1.29 is 54.7 Å². The number of methoxy groups -OCH3 is 1. The quantitative estimate of drug-likeness (QED) is 0.151. The van der Waals surface area contributed by atoms with Crippen LogP contribution in [0.4, 0.5) is 42.1 Å². The lowest BCUT2D eigenvalue weighted by molar-refractivity contribution is -0.140. The van der Waals surface area contributed by atoms with Crippen LogP contribution in [0.2, 0.25) is 0 Å². The van der Waals surface area contributed by atoms with E-state index >= 15 is 0 Å². The minimum atomic E-state index is -5.08. The van der Waals surface area contributed by atoms with Crippen molar-refractivity contribution in [3.63, 3.8) is 0 Å². The molecule has 2 heterocycles. The van der Waals surface area contributed by atoms with Gasteiger partial charge >= 0.3 is 12.4 Å². The van der Waals surface area contributed by atoms with E-state index in [-0.39, 0.29) is 43.4 Å². The molecule has 0 bridgehead atoms. The number of hydrogen-bond donors (Lipinski definition) is 3. The lowest BCUT2D eigenvalue weighted by Gasteiger charge is -2.13. The van der Waals surface area contributed by atoms with E-state index in [4.69, 9.17) is 9.26 Å². The summed E-state index contributed by atoms with van der Waals surface area (Å²) in [6.45, 7) is 1.46. The molecule has 46 heavy (non-hydrogen) atoms. The fraction of sp³-hybridized carbons (Fsp3) is 0.167. The number of thiophene rings is 1. The van der Waals surface area contributed by atoms with Crippen molar-refractivity contribution in [2.24, 2.45) is 0 Å². The molecular formula is C30H20F7N3O5S. The van der Waals surface area contributed by atoms with Gasteiger partial charge in [-0.3, -0.25) is 9.59 Å². The molecule has 2 aromatic heterocycles. The molecule has 0 aliphatic rings. The Bertz CT molecular complexity index is 1960. The second-order valence-corrected chi connectivity index (χ2v) is 10.9. The van der Waals surface area contributed by atoms with Gasteiger partial charge in [-0.15, -0.1) is 11.3 Å². The van der Waals surface area contributed by atoms with Gasteiger partial charge in [-0.25, -0.2) is 4.39 Å². The van der Waals surface area contributed by atoms with Gasteiger partial charge in [0.05, 0.1) is 29.5 Å². The van der Waals surface area contributed by atoms with Crippen LogP contribution < -0.4 is 15.4 Å². The Kier molecular flexibility index (Phi) is 8.53. The summed E-state index contributed by atoms with van der Waals surface area (Å²) < 4.78 is 104. The molecule has 8 nitrogen and oxygen atoms in total. The highest BCUT2D eigenvalue weighted by atomic mass is 32.1. The summed E-state index contributed by atoms with van der Waals surface area (Å²) in [7, 11) is 1.28. The Balaban J connectivity index is 1.56. The molecule has 5 rings (SSSR count). The van der Waals surface area contributed by atoms with Crippen molar-refractivity contribution >= 4 is 44.6 Å². The normalized spacial score (nSPS) is 12.7. The molecule has 2 amide bonds. The molecular weight excluding hydrogens is 647 g/mol. The number of carbonyl (C=O) groups is 2. The number of nitrogens with one attached hydrogen (secondary N) is 2. The van der Waals surface area contributed by atoms with E-state index in [9.17, 15) is 45.4 Å². The zero-order valence-electron chi connectivity index (χ0n) is 23.4. The van der Waals surface area contributed by atoms with E-state index < -0.39 is 52.9 Å². The van der Waals surface area contributed by atoms with Gasteiger partial charge in [-0.05, 0) is 55.5 Å². The van der Waals surface area contributed by atoms with Gasteiger partial charge in [0, 0.05) is 27.4 Å². The van der Waals surface area contributed by atoms with E-state index in [1.807, 2.05) is 0 Å². The number of nitrogens with zero attached hydrogens (tertiary/aromatic N) is 1. The van der Waals surface area contributed by atoms with Crippen LogP contribution in [-0.4, -0.2) is 29.2 Å². The zero-order valence-corrected chi connectivity index (χ0v) is 24.2. The summed E-state index contributed by atoms with van der Waals surface area (Å²) in [5.41, 5.74) is -2.86. The highest BCUT2D eigenvalue weighted by molar-refractivity contribution is 7.21. The number of anilines is 2. The minimum absolute atomic E-state index is 0.0276. The fourth-order valence-electron chi connectivity index (χ4n) is 4.41. The lowest BCUT2D eigenvalue weighted by atomic mass is 10.1. The van der Waals surface area contributed by atoms with Crippen LogP contribution in [0.5, 0.6) is 5.75 Å². The van der Waals surface area contributed by atoms with Crippen molar-refractivity contribution in [2.75, 3.05) is 17.7 Å². The number of ether oxygens (including phenoxy) is 1. The number of aliphatic hydroxyl groups excluding tert-OH is 1. The van der Waals surface area contributed by atoms with Crippen LogP contribution >= 0.6 is 11.3 Å². The van der Waals surface area contributed by atoms with Gasteiger partial charge in [0.2, 0.25) is 0 Å². The number of fused-ring (bicyclic) bond motifs is 1. The number of hydrogen-bond acceptors (Lipinski definition) is 7. The first-order valence-corrected chi connectivity index (χ1v) is 13.8. The predicted molar refractivity (Wildman–Crippen MR) is 153 cm³/mol. The Morgan fingerprint density at radius 2 is 1.67 bits per heavy atom. The molecule has 16 heteroatoms. The highest BCUT2D eigenvalue weighted by Crippen LogP contribution is 2.41. The van der Waals surface area contributed by atoms with E-state index in [0.29, 0.717) is 29.0 Å². The third-order valence-corrected chi connectivity index (χ3v) is 7.82. The number of benzene rings is 3. The number of aromatic nitrogens is 1. The monoisotopic (exact) mass is 667 g/mol. The smallest absolute Gasteiger partial charge is 0.419 e. The summed E-state index contributed by atoms with van der Waals surface area (Å²) in [4.78, 5) is 26.6. The van der Waals surface area contributed by atoms with Crippen LogP contribution in [0.25, 0.3) is 21.3 Å². The third kappa shape index (κ3) is 6.53. The number of rotatable bonds is 7. The van der Waals surface area contributed by atoms with Gasteiger partial charge in [-0.1, -0.05) is 11.2 Å². The van der Waals surface area contributed by atoms with Crippen molar-refractivity contribution in [3.8, 4) is 17.0 Å². The molecule has 0 spiro atoms. The molecule has 3 N–H and O–H groups in total. The summed E-state index contributed by atoms with van der Waals surface area (Å²) in [6, 6.07) is 10.1. The van der Waals surface area contributed by atoms with Crippen molar-refractivity contribution in [1.29, 1.82) is 0 Å². The van der Waals surface area contributed by atoms with Gasteiger partial charge in [-0.2, -0.15) is 26.3 Å². The maximum Gasteiger partial charge on any atom is 0.419 e. The SMILES string of the molecule is COc1ccc(-c2cc([C@@H](C)O)on2)cc1C(=O)Nc1c(C(=O)Nc2ccc(F)c(C(F)(F)F)c2)sc2cc(C(F)(F)F)ccc12. The summed E-state index contributed by atoms with van der Waals surface area (Å²) >= 11 is 0.547. The molecule has 0 aliphatic carbocycles. The number of amides is 2. The largest absolute Gasteiger partial charge is 0.496 e. The average Bonchev–Trinajstić information content (AvgIpc) is 3.62. The highest BCUT2D eigenvalue weighted by Gasteiger charge is 2.35. The van der Waals surface area contributed by atoms with Gasteiger partial charge in [0.1, 0.15) is 28.2 Å². The summed E-state index contributed by atoms with van der Waals surface area (Å²) in [5, 5.41) is 18.4. The first-order chi connectivity index (χ1) is 21.6. The maximum absolute atomic E-state index is 13.8. The fourth-order valence-corrected chi connectivity index (χ4v) is 5.51. The molecule has 0 radical (unpaired) electrons. The number of carbonyl (C=O) groups excluding carboxylic acids is 2. The van der Waals surface area contributed by atoms with Crippen LogP contribution in [0.15, 0.2) is 65.2 Å². The molecule has 1 atom stereocenters. The third-order valence-electron chi connectivity index (χ3n) is 6.67. The Morgan fingerprint density at radius 1 is 0.935 bits per heavy atom. The summed E-state index contributed by atoms with van der Waals surface area (Å²) in [5.74, 6) is -3.31. The molecule has 0 saturated heterocycles. The molecule has 0 unspecified atom stereocenters. The predicted octanol–water partition coefficient (Wildman–Crippen LogP) is 8.30. The average molecular weight is 668 g/mol. The second kappa shape index (κ2) is 12.1. The van der Waals surface area contributed by atoms with E-state index in [1.165, 1.54) is 32.2 Å². The van der Waals surface area contributed by atoms with Crippen LogP contribution in [0, 0.1) is 5.82 Å². The Morgan fingerprint density at radius 3 is 2.30 bits per heavy atom. The molecule has 3 aromatic carbocycles.